The molecule has 3 aromatic rings. The number of nitrogens with zero attached hydrogens (tertiary/aromatic N) is 2. The summed E-state index contributed by atoms with van der Waals surface area (Å²) in [5, 5.41) is 28.4. The smallest absolute Gasteiger partial charge is 0.339 e. The lowest BCUT2D eigenvalue weighted by Gasteiger charge is -2.08. The Bertz CT molecular complexity index is 1250. The number of hydrogen-bond acceptors (Lipinski definition) is 6. The number of azo groups is 1. The fraction of sp³-hybridized carbons (Fsp3) is 0.0556. The van der Waals surface area contributed by atoms with Crippen molar-refractivity contribution < 1.29 is 28.0 Å². The first kappa shape index (κ1) is 19.7. The maximum absolute atomic E-state index is 11.5. The highest BCUT2D eigenvalue weighted by Gasteiger charge is 2.19. The van der Waals surface area contributed by atoms with Crippen molar-refractivity contribution in [1.82, 2.24) is 0 Å². The molecular weight excluding hydrogens is 408 g/mol. The molecule has 3 N–H and O–H groups in total. The van der Waals surface area contributed by atoms with E-state index in [1.807, 2.05) is 0 Å². The van der Waals surface area contributed by atoms with Gasteiger partial charge in [-0.3, -0.25) is 4.55 Å². The van der Waals surface area contributed by atoms with Crippen LogP contribution in [-0.4, -0.2) is 29.2 Å². The average Bonchev–Trinajstić information content (AvgIpc) is 2.60. The van der Waals surface area contributed by atoms with Crippen LogP contribution in [0.15, 0.2) is 57.6 Å². The van der Waals surface area contributed by atoms with Crippen LogP contribution in [0.2, 0.25) is 5.02 Å². The van der Waals surface area contributed by atoms with Crippen molar-refractivity contribution in [3.8, 4) is 5.75 Å². The third-order valence-corrected chi connectivity index (χ3v) is 5.30. The molecule has 0 radical (unpaired) electrons. The number of aromatic hydroxyl groups is 1. The van der Waals surface area contributed by atoms with E-state index < -0.39 is 21.8 Å². The average molecular weight is 421 g/mol. The van der Waals surface area contributed by atoms with Gasteiger partial charge in [0.25, 0.3) is 10.1 Å². The number of aryl methyl sites for hydroxylation is 1. The molecule has 0 aliphatic heterocycles. The summed E-state index contributed by atoms with van der Waals surface area (Å²) in [6.45, 7) is 1.45. The zero-order valence-corrected chi connectivity index (χ0v) is 15.9. The Balaban J connectivity index is 2.22. The molecule has 0 spiro atoms. The van der Waals surface area contributed by atoms with Gasteiger partial charge in [-0.05, 0) is 36.1 Å². The van der Waals surface area contributed by atoms with Gasteiger partial charge in [0.15, 0.2) is 5.75 Å². The van der Waals surface area contributed by atoms with Crippen LogP contribution in [0.4, 0.5) is 11.4 Å². The molecule has 10 heteroatoms. The fourth-order valence-corrected chi connectivity index (χ4v) is 3.66. The summed E-state index contributed by atoms with van der Waals surface area (Å²) >= 11 is 6.07. The number of phenols is 1. The molecule has 0 fully saturated rings. The van der Waals surface area contributed by atoms with Crippen LogP contribution < -0.4 is 0 Å². The molecular formula is C18H13ClN2O6S. The van der Waals surface area contributed by atoms with Gasteiger partial charge in [-0.2, -0.15) is 8.42 Å². The van der Waals surface area contributed by atoms with Crippen LogP contribution in [0.25, 0.3) is 10.8 Å². The Morgan fingerprint density at radius 1 is 1.11 bits per heavy atom. The second-order valence-electron chi connectivity index (χ2n) is 5.89. The van der Waals surface area contributed by atoms with Gasteiger partial charge < -0.3 is 10.2 Å². The first-order valence-corrected chi connectivity index (χ1v) is 9.58. The van der Waals surface area contributed by atoms with Gasteiger partial charge in [0, 0.05) is 5.39 Å². The molecule has 0 saturated carbocycles. The van der Waals surface area contributed by atoms with E-state index in [1.165, 1.54) is 19.1 Å². The van der Waals surface area contributed by atoms with Crippen LogP contribution in [0, 0.1) is 6.92 Å². The third kappa shape index (κ3) is 3.68. The van der Waals surface area contributed by atoms with Crippen molar-refractivity contribution in [2.24, 2.45) is 10.2 Å². The van der Waals surface area contributed by atoms with Gasteiger partial charge in [0.2, 0.25) is 0 Å². The fourth-order valence-electron chi connectivity index (χ4n) is 2.68. The van der Waals surface area contributed by atoms with E-state index in [1.54, 1.807) is 24.3 Å². The molecule has 0 aliphatic carbocycles. The largest absolute Gasteiger partial charge is 0.505 e. The molecule has 0 aliphatic rings. The monoisotopic (exact) mass is 420 g/mol. The number of benzene rings is 3. The van der Waals surface area contributed by atoms with Crippen molar-refractivity contribution in [3.63, 3.8) is 0 Å². The summed E-state index contributed by atoms with van der Waals surface area (Å²) < 4.78 is 32.3. The van der Waals surface area contributed by atoms with Gasteiger partial charge in [-0.1, -0.05) is 35.9 Å². The van der Waals surface area contributed by atoms with Gasteiger partial charge in [-0.25, -0.2) is 4.79 Å². The highest BCUT2D eigenvalue weighted by molar-refractivity contribution is 7.85. The predicted octanol–water partition coefficient (Wildman–Crippen LogP) is 4.87. The Morgan fingerprint density at radius 3 is 2.43 bits per heavy atom. The highest BCUT2D eigenvalue weighted by atomic mass is 35.5. The van der Waals surface area contributed by atoms with Crippen LogP contribution in [0.5, 0.6) is 5.75 Å². The molecule has 3 rings (SSSR count). The van der Waals surface area contributed by atoms with Crippen molar-refractivity contribution in [2.75, 3.05) is 0 Å². The van der Waals surface area contributed by atoms with Gasteiger partial charge in [-0.15, -0.1) is 10.2 Å². The topological polar surface area (TPSA) is 137 Å². The number of carbonyl (C=O) groups is 1. The number of halogens is 1. The minimum Gasteiger partial charge on any atom is -0.505 e. The lowest BCUT2D eigenvalue weighted by atomic mass is 10.0. The minimum absolute atomic E-state index is 0.0619. The lowest BCUT2D eigenvalue weighted by Crippen LogP contribution is -2.00. The van der Waals surface area contributed by atoms with Crippen LogP contribution >= 0.6 is 11.6 Å². The Labute approximate surface area is 164 Å². The highest BCUT2D eigenvalue weighted by Crippen LogP contribution is 2.40. The second-order valence-corrected chi connectivity index (χ2v) is 7.69. The lowest BCUT2D eigenvalue weighted by molar-refractivity contribution is 0.0694. The number of hydrogen-bond donors (Lipinski definition) is 3. The van der Waals surface area contributed by atoms with E-state index in [4.69, 9.17) is 11.6 Å². The zero-order chi connectivity index (χ0) is 20.6. The molecule has 3 aromatic carbocycles. The second kappa shape index (κ2) is 7.19. The molecule has 8 nitrogen and oxygen atoms in total. The summed E-state index contributed by atoms with van der Waals surface area (Å²) in [5.74, 6) is -1.94. The molecule has 0 saturated heterocycles. The van der Waals surface area contributed by atoms with E-state index in [9.17, 15) is 28.0 Å². The molecule has 0 bridgehead atoms. The SMILES string of the molecule is Cc1cc(Cl)c(N=Nc2c(O)c(C(=O)O)cc3ccccc23)cc1S(=O)(=O)O. The number of aromatic carboxylic acids is 1. The first-order chi connectivity index (χ1) is 13.1. The number of carboxylic acid groups (broad SMARTS) is 1. The minimum atomic E-state index is -4.50. The van der Waals surface area contributed by atoms with Crippen molar-refractivity contribution in [1.29, 1.82) is 0 Å². The normalized spacial score (nSPS) is 12.0. The molecule has 144 valence electrons. The van der Waals surface area contributed by atoms with Gasteiger partial charge >= 0.3 is 5.97 Å². The van der Waals surface area contributed by atoms with E-state index in [-0.39, 0.29) is 32.4 Å². The summed E-state index contributed by atoms with van der Waals surface area (Å²) in [6.07, 6.45) is 0. The van der Waals surface area contributed by atoms with E-state index in [0.29, 0.717) is 10.8 Å². The maximum Gasteiger partial charge on any atom is 0.339 e. The molecule has 0 atom stereocenters. The molecule has 0 heterocycles. The van der Waals surface area contributed by atoms with E-state index in [0.717, 1.165) is 6.07 Å². The van der Waals surface area contributed by atoms with Crippen LogP contribution in [0.3, 0.4) is 0 Å². The summed E-state index contributed by atoms with van der Waals surface area (Å²) in [5.41, 5.74) is -0.335. The first-order valence-electron chi connectivity index (χ1n) is 7.77. The van der Waals surface area contributed by atoms with Crippen LogP contribution in [-0.2, 0) is 10.1 Å². The van der Waals surface area contributed by atoms with Gasteiger partial charge in [0.1, 0.15) is 16.9 Å². The zero-order valence-electron chi connectivity index (χ0n) is 14.3. The molecule has 0 aromatic heterocycles. The third-order valence-electron chi connectivity index (χ3n) is 4.01. The van der Waals surface area contributed by atoms with Crippen LogP contribution in [0.1, 0.15) is 15.9 Å². The van der Waals surface area contributed by atoms with E-state index in [2.05, 4.69) is 10.2 Å². The number of carboxylic acids is 1. The standard InChI is InChI=1S/C18H13ClN2O6S/c1-9-6-13(19)14(8-15(9)28(25,26)27)20-21-16-11-5-3-2-4-10(11)7-12(17(16)22)18(23)24/h2-8,22H,1H3,(H,23,24)(H,25,26,27). The summed E-state index contributed by atoms with van der Waals surface area (Å²) in [6, 6.07) is 10.3. The number of rotatable bonds is 4. The maximum atomic E-state index is 11.5. The molecule has 0 unspecified atom stereocenters. The predicted molar refractivity (Wildman–Crippen MR) is 103 cm³/mol. The van der Waals surface area contributed by atoms with Crippen molar-refractivity contribution >= 4 is 49.8 Å². The summed E-state index contributed by atoms with van der Waals surface area (Å²) in [7, 11) is -4.50. The number of fused-ring (bicyclic) bond motifs is 1. The summed E-state index contributed by atoms with van der Waals surface area (Å²) in [4.78, 5) is 11.0. The van der Waals surface area contributed by atoms with Crippen molar-refractivity contribution in [3.05, 3.63) is 58.6 Å². The molecule has 0 amide bonds. The Kier molecular flexibility index (Phi) is 5.07. The van der Waals surface area contributed by atoms with Crippen molar-refractivity contribution in [2.45, 2.75) is 11.8 Å². The van der Waals surface area contributed by atoms with E-state index >= 15 is 0 Å². The Morgan fingerprint density at radius 2 is 1.79 bits per heavy atom. The quantitative estimate of drug-likeness (QED) is 0.407. The molecule has 28 heavy (non-hydrogen) atoms. The van der Waals surface area contributed by atoms with Gasteiger partial charge in [0.05, 0.1) is 9.92 Å². The Hall–Kier alpha value is -3.01.